The fourth-order valence-electron chi connectivity index (χ4n) is 10.2. The van der Waals surface area contributed by atoms with Crippen molar-refractivity contribution in [3.8, 4) is 39.1 Å². The van der Waals surface area contributed by atoms with Crippen molar-refractivity contribution in [2.75, 3.05) is 4.90 Å². The molecule has 0 bridgehead atoms. The molecule has 0 amide bonds. The van der Waals surface area contributed by atoms with E-state index in [1.54, 1.807) is 0 Å². The number of para-hydroxylation sites is 3. The number of hydrogen-bond donors (Lipinski definition) is 0. The Labute approximate surface area is 336 Å². The van der Waals surface area contributed by atoms with E-state index in [0.29, 0.717) is 0 Å². The number of benzene rings is 8. The van der Waals surface area contributed by atoms with Crippen molar-refractivity contribution >= 4 is 38.9 Å². The second-order valence-corrected chi connectivity index (χ2v) is 16.5. The van der Waals surface area contributed by atoms with Gasteiger partial charge in [0.25, 0.3) is 0 Å². The van der Waals surface area contributed by atoms with Gasteiger partial charge in [0.15, 0.2) is 0 Å². The van der Waals surface area contributed by atoms with Gasteiger partial charge in [0.2, 0.25) is 0 Å². The summed E-state index contributed by atoms with van der Waals surface area (Å²) in [6.45, 7) is 9.55. The van der Waals surface area contributed by atoms with Gasteiger partial charge in [-0.15, -0.1) is 0 Å². The van der Waals surface area contributed by atoms with Crippen LogP contribution in [0.25, 0.3) is 60.9 Å². The number of nitrogens with zero attached hydrogens (tertiary/aromatic N) is 2. The van der Waals surface area contributed by atoms with Crippen molar-refractivity contribution in [1.29, 1.82) is 0 Å². The number of rotatable bonds is 5. The van der Waals surface area contributed by atoms with E-state index in [1.807, 2.05) is 0 Å². The van der Waals surface area contributed by atoms with Crippen molar-refractivity contribution < 1.29 is 0 Å². The third-order valence-corrected chi connectivity index (χ3v) is 12.8. The average Bonchev–Trinajstić information content (AvgIpc) is 3.79. The molecule has 0 spiro atoms. The van der Waals surface area contributed by atoms with Gasteiger partial charge in [-0.2, -0.15) is 0 Å². The summed E-state index contributed by atoms with van der Waals surface area (Å²) in [7, 11) is 0. The van der Waals surface area contributed by atoms with Crippen LogP contribution in [0.5, 0.6) is 0 Å². The molecule has 2 aliphatic carbocycles. The van der Waals surface area contributed by atoms with Crippen molar-refractivity contribution in [2.45, 2.75) is 46.0 Å². The fourth-order valence-corrected chi connectivity index (χ4v) is 10.2. The number of hydrogen-bond acceptors (Lipinski definition) is 1. The summed E-state index contributed by atoms with van der Waals surface area (Å²) in [6, 6.07) is 67.5. The Morgan fingerprint density at radius 1 is 0.404 bits per heavy atom. The molecule has 0 aliphatic heterocycles. The summed E-state index contributed by atoms with van der Waals surface area (Å²) in [5.74, 6) is 0. The molecule has 0 unspecified atom stereocenters. The highest BCUT2D eigenvalue weighted by molar-refractivity contribution is 6.11. The largest absolute Gasteiger partial charge is 0.309 e. The van der Waals surface area contributed by atoms with E-state index >= 15 is 0 Å². The predicted octanol–water partition coefficient (Wildman–Crippen LogP) is 15.2. The monoisotopic (exact) mass is 734 g/mol. The summed E-state index contributed by atoms with van der Waals surface area (Å²) >= 11 is 0. The molecular formula is C55H46N2. The normalized spacial score (nSPS) is 14.1. The van der Waals surface area contributed by atoms with Crippen LogP contribution in [0.4, 0.5) is 17.1 Å². The van der Waals surface area contributed by atoms with Gasteiger partial charge in [-0.3, -0.25) is 0 Å². The van der Waals surface area contributed by atoms with Crippen LogP contribution in [0, 0.1) is 0 Å². The van der Waals surface area contributed by atoms with E-state index in [1.165, 1.54) is 94.5 Å². The lowest BCUT2D eigenvalue weighted by molar-refractivity contribution is 0.659. The third kappa shape index (κ3) is 4.90. The third-order valence-electron chi connectivity index (χ3n) is 12.8. The van der Waals surface area contributed by atoms with Gasteiger partial charge >= 0.3 is 0 Å². The smallest absolute Gasteiger partial charge is 0.0543 e. The van der Waals surface area contributed by atoms with Crippen LogP contribution in [0.2, 0.25) is 0 Å². The zero-order valence-electron chi connectivity index (χ0n) is 32.2. The molecule has 276 valence electrons. The van der Waals surface area contributed by atoms with Gasteiger partial charge in [0.1, 0.15) is 0 Å². The Balaban J connectivity index is 0.00000396. The van der Waals surface area contributed by atoms with Crippen molar-refractivity contribution in [2.24, 2.45) is 0 Å². The maximum Gasteiger partial charge on any atom is 0.0543 e. The van der Waals surface area contributed by atoms with E-state index < -0.39 is 0 Å². The molecule has 0 saturated carbocycles. The molecular weight excluding hydrogens is 689 g/mol. The Hall–Kier alpha value is -6.64. The van der Waals surface area contributed by atoms with Gasteiger partial charge in [-0.05, 0) is 93.0 Å². The van der Waals surface area contributed by atoms with Crippen molar-refractivity contribution in [3.05, 3.63) is 204 Å². The van der Waals surface area contributed by atoms with Crippen LogP contribution in [0.1, 0.15) is 57.4 Å². The molecule has 8 aromatic carbocycles. The molecule has 2 heteroatoms. The Kier molecular flexibility index (Phi) is 7.76. The molecule has 0 atom stereocenters. The van der Waals surface area contributed by atoms with Crippen LogP contribution in [-0.4, -0.2) is 4.57 Å². The second-order valence-electron chi connectivity index (χ2n) is 16.5. The van der Waals surface area contributed by atoms with E-state index in [-0.39, 0.29) is 18.3 Å². The highest BCUT2D eigenvalue weighted by Crippen LogP contribution is 2.58. The maximum absolute atomic E-state index is 2.59. The van der Waals surface area contributed by atoms with E-state index in [0.717, 1.165) is 5.69 Å². The molecule has 0 fully saturated rings. The summed E-state index contributed by atoms with van der Waals surface area (Å²) < 4.78 is 2.39. The van der Waals surface area contributed by atoms with Crippen LogP contribution < -0.4 is 4.90 Å². The summed E-state index contributed by atoms with van der Waals surface area (Å²) in [5.41, 5.74) is 20.0. The Bertz CT molecular complexity index is 3030. The van der Waals surface area contributed by atoms with Gasteiger partial charge in [-0.25, -0.2) is 0 Å². The standard InChI is InChI=1S/C54H42N2.CH4/c1-53(2)44-26-13-9-23-41(44)51-45(53)27-17-30-49(51)56(50-31-16-24-40-38-21-8-12-25-43(38)54(3,4)52(40)50)46-28-14-10-20-37(46)35-32-33-48-42(34-35)39-22-11-15-29-47(39)55(48)36-18-6-5-7-19-36;/h5-34H,1-4H3;1H4. The van der Waals surface area contributed by atoms with Crippen molar-refractivity contribution in [1.82, 2.24) is 4.57 Å². The first-order valence-electron chi connectivity index (χ1n) is 19.8. The van der Waals surface area contributed by atoms with Crippen LogP contribution in [0.3, 0.4) is 0 Å². The molecule has 1 heterocycles. The minimum absolute atomic E-state index is 0. The van der Waals surface area contributed by atoms with E-state index in [2.05, 4.69) is 219 Å². The molecule has 11 rings (SSSR count). The summed E-state index contributed by atoms with van der Waals surface area (Å²) in [5, 5.41) is 2.50. The van der Waals surface area contributed by atoms with Crippen LogP contribution in [-0.2, 0) is 10.8 Å². The number of aromatic nitrogens is 1. The topological polar surface area (TPSA) is 8.17 Å². The van der Waals surface area contributed by atoms with Crippen LogP contribution in [0.15, 0.2) is 182 Å². The first-order valence-corrected chi connectivity index (χ1v) is 19.8. The molecule has 9 aromatic rings. The predicted molar refractivity (Wildman–Crippen MR) is 243 cm³/mol. The summed E-state index contributed by atoms with van der Waals surface area (Å²) in [4.78, 5) is 2.59. The average molecular weight is 735 g/mol. The quantitative estimate of drug-likeness (QED) is 0.171. The first kappa shape index (κ1) is 34.8. The van der Waals surface area contributed by atoms with Gasteiger partial charge in [0, 0.05) is 38.4 Å². The maximum atomic E-state index is 2.59. The first-order chi connectivity index (χ1) is 27.3. The minimum atomic E-state index is -0.205. The molecule has 0 N–H and O–H groups in total. The minimum Gasteiger partial charge on any atom is -0.309 e. The lowest BCUT2D eigenvalue weighted by Crippen LogP contribution is -2.21. The van der Waals surface area contributed by atoms with Gasteiger partial charge in [0.05, 0.1) is 28.1 Å². The van der Waals surface area contributed by atoms with Crippen LogP contribution >= 0.6 is 0 Å². The molecule has 57 heavy (non-hydrogen) atoms. The molecule has 1 aromatic heterocycles. The molecule has 2 nitrogen and oxygen atoms in total. The summed E-state index contributed by atoms with van der Waals surface area (Å²) in [6.07, 6.45) is 0. The van der Waals surface area contributed by atoms with Gasteiger partial charge < -0.3 is 9.47 Å². The molecule has 0 radical (unpaired) electrons. The zero-order valence-corrected chi connectivity index (χ0v) is 32.2. The Morgan fingerprint density at radius 3 is 1.77 bits per heavy atom. The lowest BCUT2D eigenvalue weighted by Gasteiger charge is -2.34. The van der Waals surface area contributed by atoms with Gasteiger partial charge in [-0.1, -0.05) is 169 Å². The molecule has 0 saturated heterocycles. The molecule has 2 aliphatic rings. The Morgan fingerprint density at radius 2 is 0.965 bits per heavy atom. The lowest BCUT2D eigenvalue weighted by atomic mass is 9.81. The van der Waals surface area contributed by atoms with E-state index in [9.17, 15) is 0 Å². The number of fused-ring (bicyclic) bond motifs is 9. The highest BCUT2D eigenvalue weighted by Gasteiger charge is 2.41. The fraction of sp³-hybridized carbons (Fsp3) is 0.127. The SMILES string of the molecule is C.CC1(C)c2ccccc2-c2c(N(c3ccccc3-c3ccc4c(c3)c3ccccc3n4-c3ccccc3)c3cccc4c3C(C)(C)c3ccccc3-4)cccc21. The highest BCUT2D eigenvalue weighted by atomic mass is 15.2. The number of anilines is 3. The zero-order chi connectivity index (χ0) is 37.8. The van der Waals surface area contributed by atoms with E-state index in [4.69, 9.17) is 0 Å². The van der Waals surface area contributed by atoms with Crippen molar-refractivity contribution in [3.63, 3.8) is 0 Å². The second kappa shape index (κ2) is 12.7.